The van der Waals surface area contributed by atoms with Gasteiger partial charge < -0.3 is 5.41 Å². The second-order valence-electron chi connectivity index (χ2n) is 2.07. The van der Waals surface area contributed by atoms with E-state index in [1.807, 2.05) is 0 Å². The van der Waals surface area contributed by atoms with Crippen molar-refractivity contribution in [3.8, 4) is 0 Å². The molecule has 0 aliphatic rings. The highest BCUT2D eigenvalue weighted by atomic mass is 16.3. The highest BCUT2D eigenvalue weighted by Crippen LogP contribution is 2.23. The Balaban J connectivity index is 3.27. The van der Waals surface area contributed by atoms with Crippen molar-refractivity contribution in [2.75, 3.05) is 0 Å². The number of hydrogen-bond acceptors (Lipinski definition) is 5. The van der Waals surface area contributed by atoms with E-state index in [1.54, 1.807) is 0 Å². The molecule has 0 radical (unpaired) electrons. The monoisotopic (exact) mass is 163 g/mol. The normalized spacial score (nSPS) is 9.00. The van der Waals surface area contributed by atoms with Gasteiger partial charge in [0.05, 0.1) is 0 Å². The predicted octanol–water partition coefficient (Wildman–Crippen LogP) is 2.48. The van der Waals surface area contributed by atoms with E-state index < -0.39 is 0 Å². The second-order valence-corrected chi connectivity index (χ2v) is 2.07. The van der Waals surface area contributed by atoms with Crippen molar-refractivity contribution in [2.45, 2.75) is 0 Å². The van der Waals surface area contributed by atoms with Crippen molar-refractivity contribution in [2.24, 2.45) is 10.4 Å². The van der Waals surface area contributed by atoms with Crippen LogP contribution in [0.2, 0.25) is 0 Å². The highest BCUT2D eigenvalue weighted by molar-refractivity contribution is 5.85. The van der Waals surface area contributed by atoms with E-state index in [0.717, 1.165) is 6.21 Å². The lowest BCUT2D eigenvalue weighted by Gasteiger charge is -1.94. The Labute approximate surface area is 67.9 Å². The molecule has 0 atom stereocenters. The Hall–Kier alpha value is -1.91. The first-order valence-electron chi connectivity index (χ1n) is 3.13. The van der Waals surface area contributed by atoms with E-state index >= 15 is 0 Å². The van der Waals surface area contributed by atoms with Gasteiger partial charge in [-0.25, -0.2) is 0 Å². The molecule has 5 nitrogen and oxygen atoms in total. The first kappa shape index (κ1) is 8.19. The summed E-state index contributed by atoms with van der Waals surface area (Å²) in [6.45, 7) is 0. The molecule has 0 saturated carbocycles. The lowest BCUT2D eigenvalue weighted by atomic mass is 10.2. The topological polar surface area (TPSA) is 82.7 Å². The van der Waals surface area contributed by atoms with E-state index in [0.29, 0.717) is 5.56 Å². The van der Waals surface area contributed by atoms with Crippen LogP contribution in [-0.2, 0) is 0 Å². The zero-order chi connectivity index (χ0) is 8.97. The van der Waals surface area contributed by atoms with E-state index in [-0.39, 0.29) is 11.4 Å². The Bertz CT molecular complexity index is 335. The summed E-state index contributed by atoms with van der Waals surface area (Å²) in [5.41, 5.74) is 0.565. The third-order valence-corrected chi connectivity index (χ3v) is 1.37. The molecule has 1 aromatic rings. The quantitative estimate of drug-likeness (QED) is 0.548. The van der Waals surface area contributed by atoms with Crippen molar-refractivity contribution in [3.63, 3.8) is 0 Å². The van der Waals surface area contributed by atoms with Gasteiger partial charge in [-0.1, -0.05) is 0 Å². The van der Waals surface area contributed by atoms with Crippen molar-refractivity contribution in [3.05, 3.63) is 33.6 Å². The van der Waals surface area contributed by atoms with Crippen LogP contribution >= 0.6 is 0 Å². The second kappa shape index (κ2) is 3.47. The van der Waals surface area contributed by atoms with Crippen LogP contribution in [0.3, 0.4) is 0 Å². The van der Waals surface area contributed by atoms with Crippen molar-refractivity contribution in [1.82, 2.24) is 0 Å². The molecular weight excluding hydrogens is 158 g/mol. The zero-order valence-electron chi connectivity index (χ0n) is 6.02. The summed E-state index contributed by atoms with van der Waals surface area (Å²) in [6, 6.07) is 4.10. The smallest absolute Gasteiger partial charge is 0.119 e. The molecule has 0 fully saturated rings. The maximum Gasteiger partial charge on any atom is 0.119 e. The Kier molecular flexibility index (Phi) is 2.37. The van der Waals surface area contributed by atoms with Crippen LogP contribution in [0.25, 0.3) is 0 Å². The molecule has 0 aromatic heterocycles. The van der Waals surface area contributed by atoms with E-state index in [4.69, 9.17) is 5.41 Å². The molecule has 12 heavy (non-hydrogen) atoms. The molecule has 0 aliphatic heterocycles. The van der Waals surface area contributed by atoms with Gasteiger partial charge in [0.2, 0.25) is 0 Å². The summed E-state index contributed by atoms with van der Waals surface area (Å²) in [5, 5.41) is 12.2. The van der Waals surface area contributed by atoms with E-state index in [2.05, 4.69) is 10.4 Å². The van der Waals surface area contributed by atoms with Gasteiger partial charge in [0.25, 0.3) is 0 Å². The Morgan fingerprint density at radius 1 is 1.25 bits per heavy atom. The molecule has 0 unspecified atom stereocenters. The minimum Gasteiger partial charge on any atom is -0.308 e. The predicted molar refractivity (Wildman–Crippen MR) is 45.2 cm³/mol. The Morgan fingerprint density at radius 2 is 2.00 bits per heavy atom. The van der Waals surface area contributed by atoms with Gasteiger partial charge in [-0.15, -0.1) is 9.81 Å². The summed E-state index contributed by atoms with van der Waals surface area (Å²) >= 11 is 0. The SMILES string of the molecule is N=Cc1ccc(N=O)cc1N=O. The minimum absolute atomic E-state index is 0.0575. The molecule has 1 rings (SSSR count). The molecule has 1 aromatic carbocycles. The molecule has 0 heterocycles. The molecule has 0 saturated heterocycles. The van der Waals surface area contributed by atoms with Crippen LogP contribution < -0.4 is 0 Å². The fraction of sp³-hybridized carbons (Fsp3) is 0. The van der Waals surface area contributed by atoms with Crippen LogP contribution in [0.4, 0.5) is 11.4 Å². The third-order valence-electron chi connectivity index (χ3n) is 1.37. The van der Waals surface area contributed by atoms with Crippen LogP contribution in [0.5, 0.6) is 0 Å². The summed E-state index contributed by atoms with van der Waals surface area (Å²) in [7, 11) is 0. The first-order chi connectivity index (χ1) is 5.81. The van der Waals surface area contributed by atoms with Crippen LogP contribution in [0.15, 0.2) is 28.6 Å². The lowest BCUT2D eigenvalue weighted by molar-refractivity contribution is 1.42. The van der Waals surface area contributed by atoms with Gasteiger partial charge in [-0.3, -0.25) is 0 Å². The number of hydrogen-bond donors (Lipinski definition) is 1. The van der Waals surface area contributed by atoms with Gasteiger partial charge >= 0.3 is 0 Å². The average molecular weight is 163 g/mol. The summed E-state index contributed by atoms with van der Waals surface area (Å²) in [6.07, 6.45) is 0.991. The maximum absolute atomic E-state index is 10.2. The van der Waals surface area contributed by atoms with Crippen LogP contribution in [0, 0.1) is 15.2 Å². The molecular formula is C7H5N3O2. The standard InChI is InChI=1S/C7H5N3O2/c8-4-5-1-2-6(9-11)3-7(5)10-12/h1-4,8H. The Morgan fingerprint density at radius 3 is 2.50 bits per heavy atom. The fourth-order valence-corrected chi connectivity index (χ4v) is 0.790. The number of nitroso groups, excluding NO2 is 2. The molecule has 60 valence electrons. The summed E-state index contributed by atoms with van der Waals surface area (Å²) in [4.78, 5) is 20.2. The van der Waals surface area contributed by atoms with Gasteiger partial charge in [-0.05, 0) is 28.6 Å². The van der Waals surface area contributed by atoms with Gasteiger partial charge in [-0.2, -0.15) is 0 Å². The van der Waals surface area contributed by atoms with Crippen molar-refractivity contribution in [1.29, 1.82) is 5.41 Å². The molecule has 5 heteroatoms. The minimum atomic E-state index is 0.0575. The van der Waals surface area contributed by atoms with Crippen molar-refractivity contribution < 1.29 is 0 Å². The lowest BCUT2D eigenvalue weighted by Crippen LogP contribution is -1.78. The molecule has 0 aliphatic carbocycles. The molecule has 0 amide bonds. The number of nitrogens with one attached hydrogen (secondary N) is 1. The third kappa shape index (κ3) is 1.39. The van der Waals surface area contributed by atoms with Gasteiger partial charge in [0.1, 0.15) is 11.4 Å². The number of nitrogens with zero attached hydrogens (tertiary/aromatic N) is 2. The largest absolute Gasteiger partial charge is 0.308 e. The molecule has 0 bridgehead atoms. The first-order valence-corrected chi connectivity index (χ1v) is 3.13. The average Bonchev–Trinajstić information content (AvgIpc) is 2.16. The van der Waals surface area contributed by atoms with Gasteiger partial charge in [0, 0.05) is 11.8 Å². The summed E-state index contributed by atoms with van der Waals surface area (Å²) < 4.78 is 0. The van der Waals surface area contributed by atoms with E-state index in [1.165, 1.54) is 18.2 Å². The maximum atomic E-state index is 10.2. The fourth-order valence-electron chi connectivity index (χ4n) is 0.790. The van der Waals surface area contributed by atoms with Crippen LogP contribution in [0.1, 0.15) is 5.56 Å². The zero-order valence-corrected chi connectivity index (χ0v) is 6.02. The molecule has 1 N–H and O–H groups in total. The number of rotatable bonds is 3. The molecule has 0 spiro atoms. The highest BCUT2D eigenvalue weighted by Gasteiger charge is 2.01. The number of benzene rings is 1. The van der Waals surface area contributed by atoms with E-state index in [9.17, 15) is 9.81 Å². The van der Waals surface area contributed by atoms with Gasteiger partial charge in [0.15, 0.2) is 0 Å². The van der Waals surface area contributed by atoms with Crippen molar-refractivity contribution >= 4 is 17.6 Å². The van der Waals surface area contributed by atoms with Crippen LogP contribution in [-0.4, -0.2) is 6.21 Å². The summed E-state index contributed by atoms with van der Waals surface area (Å²) in [5.74, 6) is 0.